The molecule has 0 bridgehead atoms. The van der Waals surface area contributed by atoms with Crippen molar-refractivity contribution in [2.75, 3.05) is 19.9 Å². The lowest BCUT2D eigenvalue weighted by molar-refractivity contribution is 0.174. The summed E-state index contributed by atoms with van der Waals surface area (Å²) < 4.78 is 10.8. The van der Waals surface area contributed by atoms with Gasteiger partial charge in [-0.25, -0.2) is 0 Å². The Morgan fingerprint density at radius 1 is 1.26 bits per heavy atom. The fraction of sp³-hybridized carbons (Fsp3) is 0.600. The Morgan fingerprint density at radius 3 is 2.63 bits per heavy atom. The standard InChI is InChI=1S/C15H24N2O2/c1-11-6-13-14(19-10-18-13)7-12(11)8-17-9-15(2,3)4-5-16/h6-7,17H,4-5,8-10,16H2,1-3H3. The fourth-order valence-electron chi connectivity index (χ4n) is 2.29. The van der Waals surface area contributed by atoms with Gasteiger partial charge in [0.1, 0.15) is 0 Å². The highest BCUT2D eigenvalue weighted by Gasteiger charge is 2.18. The molecule has 2 rings (SSSR count). The van der Waals surface area contributed by atoms with Crippen LogP contribution in [0.15, 0.2) is 12.1 Å². The molecule has 0 saturated heterocycles. The van der Waals surface area contributed by atoms with Gasteiger partial charge in [0.25, 0.3) is 0 Å². The SMILES string of the molecule is Cc1cc2c(cc1CNCC(C)(C)CCN)OCO2. The summed E-state index contributed by atoms with van der Waals surface area (Å²) in [6.45, 7) is 9.43. The third-order valence-electron chi connectivity index (χ3n) is 3.57. The zero-order valence-electron chi connectivity index (χ0n) is 12.1. The summed E-state index contributed by atoms with van der Waals surface area (Å²) in [4.78, 5) is 0. The zero-order chi connectivity index (χ0) is 13.9. The van der Waals surface area contributed by atoms with Gasteiger partial charge in [0.2, 0.25) is 6.79 Å². The number of aryl methyl sites for hydroxylation is 1. The molecule has 3 N–H and O–H groups in total. The number of hydrogen-bond acceptors (Lipinski definition) is 4. The Hall–Kier alpha value is -1.26. The molecule has 0 saturated carbocycles. The van der Waals surface area contributed by atoms with E-state index in [2.05, 4.69) is 32.2 Å². The van der Waals surface area contributed by atoms with Crippen molar-refractivity contribution in [1.82, 2.24) is 5.32 Å². The molecule has 0 aromatic heterocycles. The Balaban J connectivity index is 1.93. The van der Waals surface area contributed by atoms with Crippen LogP contribution in [0.1, 0.15) is 31.4 Å². The van der Waals surface area contributed by atoms with Crippen LogP contribution in [-0.4, -0.2) is 19.9 Å². The van der Waals surface area contributed by atoms with E-state index < -0.39 is 0 Å². The topological polar surface area (TPSA) is 56.5 Å². The summed E-state index contributed by atoms with van der Waals surface area (Å²) in [5.74, 6) is 1.70. The maximum absolute atomic E-state index is 5.62. The average Bonchev–Trinajstić information content (AvgIpc) is 2.76. The van der Waals surface area contributed by atoms with E-state index in [9.17, 15) is 0 Å². The van der Waals surface area contributed by atoms with Crippen LogP contribution in [-0.2, 0) is 6.54 Å². The summed E-state index contributed by atoms with van der Waals surface area (Å²) >= 11 is 0. The van der Waals surface area contributed by atoms with Crippen LogP contribution in [0, 0.1) is 12.3 Å². The number of nitrogens with two attached hydrogens (primary N) is 1. The van der Waals surface area contributed by atoms with E-state index >= 15 is 0 Å². The summed E-state index contributed by atoms with van der Waals surface area (Å²) in [6, 6.07) is 4.12. The molecule has 0 fully saturated rings. The highest BCUT2D eigenvalue weighted by molar-refractivity contribution is 5.48. The quantitative estimate of drug-likeness (QED) is 0.827. The predicted octanol–water partition coefficient (Wildman–Crippen LogP) is 2.19. The molecule has 0 radical (unpaired) electrons. The molecule has 4 nitrogen and oxygen atoms in total. The van der Waals surface area contributed by atoms with Gasteiger partial charge in [-0.15, -0.1) is 0 Å². The third kappa shape index (κ3) is 3.61. The van der Waals surface area contributed by atoms with Gasteiger partial charge in [0.05, 0.1) is 0 Å². The van der Waals surface area contributed by atoms with Crippen molar-refractivity contribution in [3.63, 3.8) is 0 Å². The van der Waals surface area contributed by atoms with Gasteiger partial charge in [-0.3, -0.25) is 0 Å². The van der Waals surface area contributed by atoms with E-state index in [1.54, 1.807) is 0 Å². The summed E-state index contributed by atoms with van der Waals surface area (Å²) in [5.41, 5.74) is 8.35. The lowest BCUT2D eigenvalue weighted by Crippen LogP contribution is -2.31. The Labute approximate surface area is 115 Å². The number of ether oxygens (including phenoxy) is 2. The first kappa shape index (κ1) is 14.2. The molecule has 0 spiro atoms. The van der Waals surface area contributed by atoms with Gasteiger partial charge in [-0.05, 0) is 48.6 Å². The summed E-state index contributed by atoms with van der Waals surface area (Å²) in [7, 11) is 0. The van der Waals surface area contributed by atoms with Gasteiger partial charge in [-0.2, -0.15) is 0 Å². The largest absolute Gasteiger partial charge is 0.454 e. The van der Waals surface area contributed by atoms with Crippen molar-refractivity contribution >= 4 is 0 Å². The molecule has 106 valence electrons. The third-order valence-corrected chi connectivity index (χ3v) is 3.57. The normalized spacial score (nSPS) is 13.9. The van der Waals surface area contributed by atoms with E-state index in [1.807, 2.05) is 6.07 Å². The van der Waals surface area contributed by atoms with Crippen molar-refractivity contribution in [2.24, 2.45) is 11.1 Å². The first-order chi connectivity index (χ1) is 9.02. The van der Waals surface area contributed by atoms with Crippen LogP contribution >= 0.6 is 0 Å². The van der Waals surface area contributed by atoms with Gasteiger partial charge in [0, 0.05) is 13.1 Å². The Bertz CT molecular complexity index is 444. The second kappa shape index (κ2) is 5.80. The zero-order valence-corrected chi connectivity index (χ0v) is 12.1. The number of hydrogen-bond donors (Lipinski definition) is 2. The van der Waals surface area contributed by atoms with Gasteiger partial charge >= 0.3 is 0 Å². The van der Waals surface area contributed by atoms with Crippen LogP contribution in [0.25, 0.3) is 0 Å². The lowest BCUT2D eigenvalue weighted by atomic mass is 9.89. The predicted molar refractivity (Wildman–Crippen MR) is 76.5 cm³/mol. The molecule has 0 aliphatic carbocycles. The van der Waals surface area contributed by atoms with Gasteiger partial charge in [-0.1, -0.05) is 13.8 Å². The van der Waals surface area contributed by atoms with E-state index in [0.717, 1.165) is 37.6 Å². The van der Waals surface area contributed by atoms with Crippen molar-refractivity contribution in [3.8, 4) is 11.5 Å². The van der Waals surface area contributed by atoms with Crippen LogP contribution < -0.4 is 20.5 Å². The number of nitrogens with one attached hydrogen (secondary N) is 1. The first-order valence-corrected chi connectivity index (χ1v) is 6.82. The fourth-order valence-corrected chi connectivity index (χ4v) is 2.29. The van der Waals surface area contributed by atoms with Crippen molar-refractivity contribution < 1.29 is 9.47 Å². The van der Waals surface area contributed by atoms with E-state index in [1.165, 1.54) is 11.1 Å². The Morgan fingerprint density at radius 2 is 1.95 bits per heavy atom. The molecular formula is C15H24N2O2. The van der Waals surface area contributed by atoms with E-state index in [-0.39, 0.29) is 5.41 Å². The monoisotopic (exact) mass is 264 g/mol. The average molecular weight is 264 g/mol. The van der Waals surface area contributed by atoms with E-state index in [4.69, 9.17) is 15.2 Å². The molecule has 1 aliphatic rings. The van der Waals surface area contributed by atoms with Crippen LogP contribution in [0.3, 0.4) is 0 Å². The van der Waals surface area contributed by atoms with Crippen LogP contribution in [0.5, 0.6) is 11.5 Å². The maximum Gasteiger partial charge on any atom is 0.231 e. The minimum absolute atomic E-state index is 0.235. The lowest BCUT2D eigenvalue weighted by Gasteiger charge is -2.24. The molecule has 4 heteroatoms. The summed E-state index contributed by atoms with van der Waals surface area (Å²) in [5, 5.41) is 3.51. The molecule has 1 aromatic carbocycles. The van der Waals surface area contributed by atoms with Crippen molar-refractivity contribution in [3.05, 3.63) is 23.3 Å². The molecule has 0 unspecified atom stereocenters. The second-order valence-electron chi connectivity index (χ2n) is 5.94. The molecule has 0 amide bonds. The molecule has 1 aliphatic heterocycles. The number of rotatable bonds is 6. The first-order valence-electron chi connectivity index (χ1n) is 6.82. The maximum atomic E-state index is 5.62. The minimum atomic E-state index is 0.235. The molecular weight excluding hydrogens is 240 g/mol. The highest BCUT2D eigenvalue weighted by atomic mass is 16.7. The number of fused-ring (bicyclic) bond motifs is 1. The summed E-state index contributed by atoms with van der Waals surface area (Å²) in [6.07, 6.45) is 1.03. The van der Waals surface area contributed by atoms with Gasteiger partial charge in [0.15, 0.2) is 11.5 Å². The van der Waals surface area contributed by atoms with E-state index in [0.29, 0.717) is 6.79 Å². The number of benzene rings is 1. The minimum Gasteiger partial charge on any atom is -0.454 e. The van der Waals surface area contributed by atoms with Crippen molar-refractivity contribution in [2.45, 2.75) is 33.7 Å². The molecule has 0 atom stereocenters. The molecule has 1 aromatic rings. The smallest absolute Gasteiger partial charge is 0.231 e. The highest BCUT2D eigenvalue weighted by Crippen LogP contribution is 2.34. The van der Waals surface area contributed by atoms with Crippen LogP contribution in [0.2, 0.25) is 0 Å². The van der Waals surface area contributed by atoms with Crippen molar-refractivity contribution in [1.29, 1.82) is 0 Å². The van der Waals surface area contributed by atoms with Crippen LogP contribution in [0.4, 0.5) is 0 Å². The van der Waals surface area contributed by atoms with Gasteiger partial charge < -0.3 is 20.5 Å². The Kier molecular flexibility index (Phi) is 4.32. The second-order valence-corrected chi connectivity index (χ2v) is 5.94. The molecule has 1 heterocycles. The molecule has 19 heavy (non-hydrogen) atoms.